The molecule has 0 bridgehead atoms. The zero-order valence-electron chi connectivity index (χ0n) is 17.9. The van der Waals surface area contributed by atoms with Crippen LogP contribution in [0.5, 0.6) is 5.75 Å². The number of hydrogen-bond acceptors (Lipinski definition) is 4. The monoisotopic (exact) mass is 545 g/mol. The molecule has 0 spiro atoms. The van der Waals surface area contributed by atoms with Crippen molar-refractivity contribution < 1.29 is 40.3 Å². The summed E-state index contributed by atoms with van der Waals surface area (Å²) in [6.07, 6.45) is -6.56. The van der Waals surface area contributed by atoms with E-state index in [0.29, 0.717) is 18.2 Å². The Bertz CT molecular complexity index is 1570. The summed E-state index contributed by atoms with van der Waals surface area (Å²) in [4.78, 5) is 29.2. The second-order valence-corrected chi connectivity index (χ2v) is 7.82. The minimum atomic E-state index is -5.37. The predicted octanol–water partition coefficient (Wildman–Crippen LogP) is 5.99. The zero-order valence-corrected chi connectivity index (χ0v) is 18.7. The number of nitrogens with zero attached hydrogens (tertiary/aromatic N) is 2. The highest BCUT2D eigenvalue weighted by atomic mass is 35.5. The summed E-state index contributed by atoms with van der Waals surface area (Å²) in [5.74, 6) is -6.16. The molecule has 0 aliphatic carbocycles. The van der Waals surface area contributed by atoms with Crippen LogP contribution in [-0.4, -0.2) is 21.8 Å². The summed E-state index contributed by atoms with van der Waals surface area (Å²) in [5.41, 5.74) is -3.20. The maximum absolute atomic E-state index is 14.5. The summed E-state index contributed by atoms with van der Waals surface area (Å²) >= 11 is 5.86. The Morgan fingerprint density at radius 1 is 1.00 bits per heavy atom. The van der Waals surface area contributed by atoms with Crippen molar-refractivity contribution in [2.24, 2.45) is 0 Å². The quantitative estimate of drug-likeness (QED) is 0.253. The van der Waals surface area contributed by atoms with E-state index < -0.39 is 58.3 Å². The third kappa shape index (κ3) is 5.21. The van der Waals surface area contributed by atoms with Crippen molar-refractivity contribution in [3.8, 4) is 11.4 Å². The molecule has 0 fully saturated rings. The Balaban J connectivity index is 1.79. The van der Waals surface area contributed by atoms with E-state index >= 15 is 0 Å². The van der Waals surface area contributed by atoms with Gasteiger partial charge < -0.3 is 10.1 Å². The number of nitrogens with one attached hydrogen (secondary N) is 1. The van der Waals surface area contributed by atoms with E-state index in [0.717, 1.165) is 35.0 Å². The van der Waals surface area contributed by atoms with E-state index in [1.54, 1.807) is 0 Å². The fourth-order valence-electron chi connectivity index (χ4n) is 3.44. The van der Waals surface area contributed by atoms with Gasteiger partial charge in [-0.25, -0.2) is 27.3 Å². The summed E-state index contributed by atoms with van der Waals surface area (Å²) in [6, 6.07) is 3.39. The summed E-state index contributed by atoms with van der Waals surface area (Å²) in [7, 11) is 0. The lowest BCUT2D eigenvalue weighted by atomic mass is 10.1. The molecule has 2 heterocycles. The zero-order chi connectivity index (χ0) is 27.1. The van der Waals surface area contributed by atoms with Gasteiger partial charge in [-0.15, -0.1) is 0 Å². The summed E-state index contributed by atoms with van der Waals surface area (Å²) in [5, 5.41) is 0.861. The smallest absolute Gasteiger partial charge is 0.405 e. The number of amides is 1. The van der Waals surface area contributed by atoms with Gasteiger partial charge in [0.05, 0.1) is 22.8 Å². The van der Waals surface area contributed by atoms with Gasteiger partial charge in [0.15, 0.2) is 11.8 Å². The lowest BCUT2D eigenvalue weighted by Gasteiger charge is -2.22. The van der Waals surface area contributed by atoms with Crippen molar-refractivity contribution in [1.82, 2.24) is 14.9 Å². The van der Waals surface area contributed by atoms with Crippen LogP contribution in [0.2, 0.25) is 5.15 Å². The molecule has 1 atom stereocenters. The lowest BCUT2D eigenvalue weighted by molar-refractivity contribution is -0.156. The average molecular weight is 546 g/mol. The third-order valence-electron chi connectivity index (χ3n) is 5.03. The molecule has 4 aromatic rings. The normalized spacial score (nSPS) is 12.4. The number of carbonyl (C=O) groups excluding carboxylic acids is 1. The number of pyridine rings is 2. The number of ether oxygens (including phenoxy) is 1. The molecule has 0 aliphatic heterocycles. The number of carbonyl (C=O) groups is 1. The fraction of sp³-hybridized carbons (Fsp3) is 0.0870. The van der Waals surface area contributed by atoms with Crippen LogP contribution >= 0.6 is 11.6 Å². The largest absolute Gasteiger partial charge is 0.413 e. The van der Waals surface area contributed by atoms with Crippen LogP contribution in [0.15, 0.2) is 59.5 Å². The van der Waals surface area contributed by atoms with Crippen molar-refractivity contribution in [3.05, 3.63) is 98.9 Å². The molecule has 0 saturated heterocycles. The van der Waals surface area contributed by atoms with Crippen molar-refractivity contribution in [2.75, 3.05) is 0 Å². The first-order chi connectivity index (χ1) is 17.4. The van der Waals surface area contributed by atoms with E-state index in [1.807, 2.05) is 0 Å². The van der Waals surface area contributed by atoms with Crippen molar-refractivity contribution in [2.45, 2.75) is 12.2 Å². The van der Waals surface area contributed by atoms with Gasteiger partial charge in [-0.3, -0.25) is 9.36 Å². The van der Waals surface area contributed by atoms with Gasteiger partial charge in [-0.2, -0.15) is 13.2 Å². The molecule has 37 heavy (non-hydrogen) atoms. The minimum absolute atomic E-state index is 0.130. The van der Waals surface area contributed by atoms with Crippen LogP contribution < -0.4 is 15.5 Å². The molecule has 1 unspecified atom stereocenters. The molecule has 2 aromatic carbocycles. The lowest BCUT2D eigenvalue weighted by Crippen LogP contribution is -2.41. The first kappa shape index (κ1) is 25.9. The molecular weight excluding hydrogens is 535 g/mol. The number of benzene rings is 2. The molecule has 0 radical (unpaired) electrons. The molecule has 2 aromatic heterocycles. The van der Waals surface area contributed by atoms with Crippen LogP contribution in [0.25, 0.3) is 16.7 Å². The number of rotatable bonds is 4. The number of fused-ring (bicyclic) bond motifs is 1. The molecule has 0 saturated carbocycles. The number of hydrogen-bond donors (Lipinski definition) is 1. The Labute approximate surface area is 206 Å². The minimum Gasteiger partial charge on any atom is -0.405 e. The van der Waals surface area contributed by atoms with Crippen LogP contribution in [0.1, 0.15) is 11.6 Å². The average Bonchev–Trinajstić information content (AvgIpc) is 2.80. The highest BCUT2D eigenvalue weighted by Crippen LogP contribution is 2.35. The Morgan fingerprint density at radius 3 is 2.30 bits per heavy atom. The highest BCUT2D eigenvalue weighted by molar-refractivity contribution is 6.29. The van der Waals surface area contributed by atoms with E-state index in [-0.39, 0.29) is 21.9 Å². The highest BCUT2D eigenvalue weighted by Gasteiger charge is 2.45. The van der Waals surface area contributed by atoms with Gasteiger partial charge in [0.2, 0.25) is 5.43 Å². The maximum atomic E-state index is 14.5. The fourth-order valence-corrected chi connectivity index (χ4v) is 3.58. The van der Waals surface area contributed by atoms with Gasteiger partial charge >= 0.3 is 12.3 Å². The van der Waals surface area contributed by atoms with E-state index in [1.165, 1.54) is 11.4 Å². The van der Waals surface area contributed by atoms with Gasteiger partial charge in [0, 0.05) is 6.07 Å². The molecule has 6 nitrogen and oxygen atoms in total. The summed E-state index contributed by atoms with van der Waals surface area (Å²) in [6.45, 7) is 0. The van der Waals surface area contributed by atoms with Crippen molar-refractivity contribution in [3.63, 3.8) is 0 Å². The van der Waals surface area contributed by atoms with Gasteiger partial charge in [-0.1, -0.05) is 17.7 Å². The third-order valence-corrected chi connectivity index (χ3v) is 5.24. The first-order valence-corrected chi connectivity index (χ1v) is 10.4. The first-order valence-electron chi connectivity index (χ1n) is 10.0. The van der Waals surface area contributed by atoms with E-state index in [2.05, 4.69) is 4.98 Å². The maximum Gasteiger partial charge on any atom is 0.413 e. The second kappa shape index (κ2) is 9.73. The van der Waals surface area contributed by atoms with E-state index in [9.17, 15) is 40.3 Å². The second-order valence-electron chi connectivity index (χ2n) is 7.44. The number of halogens is 8. The number of aromatic nitrogens is 2. The Kier molecular flexibility index (Phi) is 6.82. The molecular formula is C23H11ClF7N3O3. The molecule has 4 rings (SSSR count). The van der Waals surface area contributed by atoms with Gasteiger partial charge in [0.1, 0.15) is 34.1 Å². The SMILES string of the molecule is O=C(NC(c1c(F)cccc1F)C(F)(F)F)Oc1cn(-c2ccc(F)cc2F)c2nc(Cl)ccc2c1=O. The summed E-state index contributed by atoms with van der Waals surface area (Å²) < 4.78 is 102. The van der Waals surface area contributed by atoms with Crippen LogP contribution in [0, 0.1) is 23.3 Å². The Hall–Kier alpha value is -4.13. The van der Waals surface area contributed by atoms with Crippen LogP contribution in [-0.2, 0) is 0 Å². The Morgan fingerprint density at radius 2 is 1.68 bits per heavy atom. The van der Waals surface area contributed by atoms with Crippen LogP contribution in [0.3, 0.4) is 0 Å². The molecule has 1 amide bonds. The van der Waals surface area contributed by atoms with Crippen molar-refractivity contribution in [1.29, 1.82) is 0 Å². The molecule has 0 aliphatic rings. The predicted molar refractivity (Wildman–Crippen MR) is 117 cm³/mol. The van der Waals surface area contributed by atoms with Crippen molar-refractivity contribution >= 4 is 28.7 Å². The van der Waals surface area contributed by atoms with Crippen LogP contribution in [0.4, 0.5) is 35.5 Å². The molecule has 192 valence electrons. The van der Waals surface area contributed by atoms with Gasteiger partial charge in [-0.05, 0) is 36.4 Å². The molecule has 14 heteroatoms. The van der Waals surface area contributed by atoms with Gasteiger partial charge in [0.25, 0.3) is 0 Å². The van der Waals surface area contributed by atoms with E-state index in [4.69, 9.17) is 16.3 Å². The standard InChI is InChI=1S/C23H11ClF7N3O3/c24-17-7-5-11-19(35)16(9-34(21(11)32-17)15-6-4-10(25)8-14(15)28)37-22(36)33-20(23(29,30)31)18-12(26)2-1-3-13(18)27/h1-9,20H,(H,33,36). The topological polar surface area (TPSA) is 73.2 Å². The number of alkyl halides is 3. The molecule has 1 N–H and O–H groups in total.